The molecule has 0 aliphatic rings. The lowest BCUT2D eigenvalue weighted by Gasteiger charge is -2.17. The Labute approximate surface area is 115 Å². The van der Waals surface area contributed by atoms with Gasteiger partial charge in [-0.05, 0) is 37.1 Å². The molecule has 0 aliphatic carbocycles. The van der Waals surface area contributed by atoms with Gasteiger partial charge in [-0.15, -0.1) is 0 Å². The smallest absolute Gasteiger partial charge is 0.0890 e. The topological polar surface area (TPSA) is 37.8 Å². The van der Waals surface area contributed by atoms with Crippen molar-refractivity contribution in [2.24, 2.45) is 5.92 Å². The molecule has 1 N–H and O–H groups in total. The Morgan fingerprint density at radius 3 is 2.47 bits per heavy atom. The molecule has 0 saturated carbocycles. The van der Waals surface area contributed by atoms with Crippen molar-refractivity contribution in [2.75, 3.05) is 7.05 Å². The number of hydrogen-bond acceptors (Lipinski definition) is 3. The lowest BCUT2D eigenvalue weighted by Crippen LogP contribution is -2.16. The Kier molecular flexibility index (Phi) is 4.86. The van der Waals surface area contributed by atoms with Crippen LogP contribution in [0.1, 0.15) is 44.7 Å². The van der Waals surface area contributed by atoms with Crippen LogP contribution in [0.5, 0.6) is 0 Å². The van der Waals surface area contributed by atoms with E-state index >= 15 is 0 Å². The molecule has 0 radical (unpaired) electrons. The Balaban J connectivity index is 2.11. The normalized spacial score (nSPS) is 13.1. The molecule has 3 heteroatoms. The number of fused-ring (bicyclic) bond motifs is 1. The second-order valence-corrected chi connectivity index (χ2v) is 5.47. The van der Waals surface area contributed by atoms with Gasteiger partial charge in [0.15, 0.2) is 0 Å². The summed E-state index contributed by atoms with van der Waals surface area (Å²) in [6, 6.07) is 6.78. The number of nitrogens with zero attached hydrogens (tertiary/aromatic N) is 2. The van der Waals surface area contributed by atoms with Gasteiger partial charge in [-0.2, -0.15) is 0 Å². The molecule has 1 unspecified atom stereocenters. The van der Waals surface area contributed by atoms with E-state index < -0.39 is 0 Å². The zero-order chi connectivity index (χ0) is 13.7. The first-order valence-corrected chi connectivity index (χ1v) is 7.08. The number of rotatable bonds is 6. The van der Waals surface area contributed by atoms with Crippen LogP contribution < -0.4 is 5.32 Å². The van der Waals surface area contributed by atoms with Gasteiger partial charge in [0.25, 0.3) is 0 Å². The lowest BCUT2D eigenvalue weighted by atomic mass is 9.98. The van der Waals surface area contributed by atoms with Crippen molar-refractivity contribution in [1.82, 2.24) is 15.3 Å². The SMILES string of the molecule is CNC(CCCC(C)C)c1ccc2nccnc2c1. The molecule has 1 aromatic carbocycles. The first-order valence-electron chi connectivity index (χ1n) is 7.08. The highest BCUT2D eigenvalue weighted by molar-refractivity contribution is 5.74. The Morgan fingerprint density at radius 1 is 1.05 bits per heavy atom. The van der Waals surface area contributed by atoms with Crippen molar-refractivity contribution in [3.8, 4) is 0 Å². The summed E-state index contributed by atoms with van der Waals surface area (Å²) in [5, 5.41) is 3.41. The highest BCUT2D eigenvalue weighted by atomic mass is 14.9. The van der Waals surface area contributed by atoms with Gasteiger partial charge in [0.05, 0.1) is 11.0 Å². The molecule has 0 saturated heterocycles. The zero-order valence-electron chi connectivity index (χ0n) is 12.1. The largest absolute Gasteiger partial charge is 0.313 e. The van der Waals surface area contributed by atoms with E-state index in [1.54, 1.807) is 12.4 Å². The van der Waals surface area contributed by atoms with E-state index in [1.165, 1.54) is 24.8 Å². The van der Waals surface area contributed by atoms with Crippen molar-refractivity contribution < 1.29 is 0 Å². The van der Waals surface area contributed by atoms with Gasteiger partial charge >= 0.3 is 0 Å². The second kappa shape index (κ2) is 6.62. The van der Waals surface area contributed by atoms with Gasteiger partial charge in [-0.1, -0.05) is 32.8 Å². The fraction of sp³-hybridized carbons (Fsp3) is 0.500. The van der Waals surface area contributed by atoms with Gasteiger partial charge < -0.3 is 5.32 Å². The van der Waals surface area contributed by atoms with E-state index in [0.717, 1.165) is 17.0 Å². The quantitative estimate of drug-likeness (QED) is 0.857. The predicted molar refractivity (Wildman–Crippen MR) is 80.0 cm³/mol. The summed E-state index contributed by atoms with van der Waals surface area (Å²) in [5.74, 6) is 0.778. The molecule has 0 aliphatic heterocycles. The Bertz CT molecular complexity index is 522. The lowest BCUT2D eigenvalue weighted by molar-refractivity contribution is 0.471. The van der Waals surface area contributed by atoms with E-state index in [-0.39, 0.29) is 0 Å². The molecular weight excluding hydrogens is 234 g/mol. The maximum Gasteiger partial charge on any atom is 0.0890 e. The molecule has 0 amide bonds. The summed E-state index contributed by atoms with van der Waals surface area (Å²) in [4.78, 5) is 8.69. The summed E-state index contributed by atoms with van der Waals surface area (Å²) < 4.78 is 0. The van der Waals surface area contributed by atoms with E-state index in [1.807, 2.05) is 7.05 Å². The van der Waals surface area contributed by atoms with E-state index in [9.17, 15) is 0 Å². The third-order valence-electron chi connectivity index (χ3n) is 3.52. The van der Waals surface area contributed by atoms with Crippen LogP contribution in [0.2, 0.25) is 0 Å². The number of hydrogen-bond donors (Lipinski definition) is 1. The molecule has 3 nitrogen and oxygen atoms in total. The zero-order valence-corrected chi connectivity index (χ0v) is 12.1. The van der Waals surface area contributed by atoms with Gasteiger partial charge in [0, 0.05) is 18.4 Å². The van der Waals surface area contributed by atoms with E-state index in [0.29, 0.717) is 6.04 Å². The highest BCUT2D eigenvalue weighted by Crippen LogP contribution is 2.22. The van der Waals surface area contributed by atoms with Gasteiger partial charge in [-0.25, -0.2) is 0 Å². The maximum atomic E-state index is 4.38. The van der Waals surface area contributed by atoms with Crippen LogP contribution in [-0.4, -0.2) is 17.0 Å². The number of aromatic nitrogens is 2. The van der Waals surface area contributed by atoms with Crippen LogP contribution >= 0.6 is 0 Å². The molecular formula is C16H23N3. The Hall–Kier alpha value is -1.48. The van der Waals surface area contributed by atoms with Gasteiger partial charge in [0.1, 0.15) is 0 Å². The molecule has 2 aromatic rings. The monoisotopic (exact) mass is 257 g/mol. The van der Waals surface area contributed by atoms with Crippen LogP contribution in [0, 0.1) is 5.92 Å². The summed E-state index contributed by atoms with van der Waals surface area (Å²) >= 11 is 0. The molecule has 0 fully saturated rings. The third kappa shape index (κ3) is 3.74. The second-order valence-electron chi connectivity index (χ2n) is 5.47. The average molecular weight is 257 g/mol. The van der Waals surface area contributed by atoms with Crippen LogP contribution in [0.15, 0.2) is 30.6 Å². The molecule has 1 aromatic heterocycles. The number of nitrogens with one attached hydrogen (secondary N) is 1. The van der Waals surface area contributed by atoms with Crippen molar-refractivity contribution in [3.63, 3.8) is 0 Å². The molecule has 19 heavy (non-hydrogen) atoms. The molecule has 0 spiro atoms. The van der Waals surface area contributed by atoms with Gasteiger partial charge in [0.2, 0.25) is 0 Å². The fourth-order valence-electron chi connectivity index (χ4n) is 2.40. The number of benzene rings is 1. The summed E-state index contributed by atoms with van der Waals surface area (Å²) in [7, 11) is 2.03. The van der Waals surface area contributed by atoms with Crippen molar-refractivity contribution in [2.45, 2.75) is 39.2 Å². The molecule has 102 valence electrons. The summed E-state index contributed by atoms with van der Waals surface area (Å²) in [6.07, 6.45) is 7.19. The van der Waals surface area contributed by atoms with Gasteiger partial charge in [-0.3, -0.25) is 9.97 Å². The van der Waals surface area contributed by atoms with Crippen molar-refractivity contribution in [1.29, 1.82) is 0 Å². The Morgan fingerprint density at radius 2 is 1.79 bits per heavy atom. The minimum atomic E-state index is 0.408. The van der Waals surface area contributed by atoms with Crippen LogP contribution in [0.25, 0.3) is 11.0 Å². The van der Waals surface area contributed by atoms with Crippen LogP contribution in [0.4, 0.5) is 0 Å². The first kappa shape index (κ1) is 13.9. The minimum absolute atomic E-state index is 0.408. The van der Waals surface area contributed by atoms with E-state index in [4.69, 9.17) is 0 Å². The molecule has 0 bridgehead atoms. The van der Waals surface area contributed by atoms with E-state index in [2.05, 4.69) is 47.3 Å². The first-order chi connectivity index (χ1) is 9.20. The maximum absolute atomic E-state index is 4.38. The summed E-state index contributed by atoms with van der Waals surface area (Å²) in [5.41, 5.74) is 3.24. The third-order valence-corrected chi connectivity index (χ3v) is 3.52. The minimum Gasteiger partial charge on any atom is -0.313 e. The molecule has 1 atom stereocenters. The average Bonchev–Trinajstić information content (AvgIpc) is 2.43. The van der Waals surface area contributed by atoms with Crippen molar-refractivity contribution >= 4 is 11.0 Å². The van der Waals surface area contributed by atoms with Crippen LogP contribution in [-0.2, 0) is 0 Å². The standard InChI is InChI=1S/C16H23N3/c1-12(2)5-4-6-14(17-3)13-7-8-15-16(11-13)19-10-9-18-15/h7-12,14,17H,4-6H2,1-3H3. The molecule has 1 heterocycles. The highest BCUT2D eigenvalue weighted by Gasteiger charge is 2.10. The predicted octanol–water partition coefficient (Wildman–Crippen LogP) is 3.72. The van der Waals surface area contributed by atoms with Crippen LogP contribution in [0.3, 0.4) is 0 Å². The molecule has 2 rings (SSSR count). The van der Waals surface area contributed by atoms with Crippen molar-refractivity contribution in [3.05, 3.63) is 36.2 Å². The summed E-state index contributed by atoms with van der Waals surface area (Å²) in [6.45, 7) is 4.56. The fourth-order valence-corrected chi connectivity index (χ4v) is 2.40.